The first kappa shape index (κ1) is 58.2. The Morgan fingerprint density at radius 3 is 0.955 bits per heavy atom. The number of benzene rings is 6. The molecule has 0 aliphatic carbocycles. The fraction of sp³-hybridized carbons (Fsp3) is 0.324. The van der Waals surface area contributed by atoms with E-state index in [-0.39, 0.29) is 0 Å². The molecule has 8 bridgehead atoms. The zero-order valence-corrected chi connectivity index (χ0v) is 55.3. The predicted octanol–water partition coefficient (Wildman–Crippen LogP) is 18.9. The predicted molar refractivity (Wildman–Crippen MR) is 370 cm³/mol. The maximum Gasteiger partial charge on any atom is 0.164 e. The van der Waals surface area contributed by atoms with Crippen molar-refractivity contribution < 1.29 is 0 Å². The molecule has 13 rings (SSSR count). The standard InChI is InChI=1S/C74H78N12Si2/c1-15-35-85-63-41-59-57(39-61(63)75-73(85)51-29-25-49(26-30-51)33-37-87(43(3)4,44(5)6)45(7)8)69-79-65-53-21-17-18-22-54(53)66(77-65)80-70-58-40-62-64(42-60(58)72(84-70)82-68-56-24-20-19-23-55(56)67(78-68)81-71(59)83-69)86(36-16-2)74(76-62)52-31-27-50(28-32-52)34-38-88(46(9)10,47(11)12)48(13)14/h17-32,39-48H,15-16,35-36H2,1-14H3,(H2,77,78,79,80,81,82,83,84). The molecule has 6 aromatic carbocycles. The average molecular weight is 1190 g/mol. The topological polar surface area (TPSA) is 145 Å². The molecule has 0 saturated carbocycles. The fourth-order valence-corrected chi connectivity index (χ4v) is 25.4. The normalized spacial score (nSPS) is 12.6. The zero-order chi connectivity index (χ0) is 61.5. The molecule has 0 radical (unpaired) electrons. The Kier molecular flexibility index (Phi) is 15.0. The third-order valence-corrected chi connectivity index (χ3v) is 31.7. The number of imidazole rings is 2. The van der Waals surface area contributed by atoms with Crippen molar-refractivity contribution in [3.63, 3.8) is 0 Å². The van der Waals surface area contributed by atoms with Crippen molar-refractivity contribution in [1.29, 1.82) is 0 Å². The van der Waals surface area contributed by atoms with Gasteiger partial charge in [-0.1, -0.05) is 182 Å². The Morgan fingerprint density at radius 1 is 0.375 bits per heavy atom. The summed E-state index contributed by atoms with van der Waals surface area (Å²) in [6.45, 7) is 34.3. The number of H-pyrrole nitrogens is 2. The quantitative estimate of drug-likeness (QED) is 0.0909. The highest BCUT2D eigenvalue weighted by atomic mass is 28.3. The largest absolute Gasteiger partial charge is 0.324 e. The monoisotopic (exact) mass is 1190 g/mol. The summed E-state index contributed by atoms with van der Waals surface area (Å²) in [4.78, 5) is 50.4. The number of aromatic amines is 2. The zero-order valence-electron chi connectivity index (χ0n) is 53.3. The van der Waals surface area contributed by atoms with Gasteiger partial charge in [0.15, 0.2) is 23.3 Å². The van der Waals surface area contributed by atoms with Crippen LogP contribution in [0.1, 0.15) is 121 Å². The molecule has 11 aromatic rings. The summed E-state index contributed by atoms with van der Waals surface area (Å²) in [6.07, 6.45) is 1.84. The van der Waals surface area contributed by atoms with Gasteiger partial charge in [0.1, 0.15) is 50.4 Å². The van der Waals surface area contributed by atoms with Crippen LogP contribution in [-0.2, 0) is 13.1 Å². The molecule has 88 heavy (non-hydrogen) atoms. The van der Waals surface area contributed by atoms with E-state index in [9.17, 15) is 0 Å². The first-order chi connectivity index (χ1) is 42.4. The van der Waals surface area contributed by atoms with Crippen LogP contribution >= 0.6 is 0 Å². The number of fused-ring (bicyclic) bond motifs is 22. The average Bonchev–Trinajstić information content (AvgIpc) is 2.29. The summed E-state index contributed by atoms with van der Waals surface area (Å²) >= 11 is 0. The van der Waals surface area contributed by atoms with Crippen molar-refractivity contribution in [2.45, 2.75) is 156 Å². The number of nitrogens with one attached hydrogen (secondary N) is 2. The van der Waals surface area contributed by atoms with E-state index in [1.807, 2.05) is 24.3 Å². The number of rotatable bonds is 12. The first-order valence-electron chi connectivity index (χ1n) is 31.8. The molecular weight excluding hydrogens is 1110 g/mol. The lowest BCUT2D eigenvalue weighted by atomic mass is 10.1. The van der Waals surface area contributed by atoms with E-state index in [4.69, 9.17) is 39.9 Å². The van der Waals surface area contributed by atoms with Gasteiger partial charge in [0, 0.05) is 79.1 Å². The van der Waals surface area contributed by atoms with Crippen LogP contribution in [0.2, 0.25) is 33.2 Å². The van der Waals surface area contributed by atoms with Crippen LogP contribution in [-0.4, -0.2) is 75.1 Å². The molecule has 0 atom stereocenters. The van der Waals surface area contributed by atoms with Crippen LogP contribution in [0.4, 0.5) is 0 Å². The van der Waals surface area contributed by atoms with Crippen molar-refractivity contribution in [2.75, 3.05) is 0 Å². The first-order valence-corrected chi connectivity index (χ1v) is 36.2. The van der Waals surface area contributed by atoms with Gasteiger partial charge in [0.05, 0.1) is 22.1 Å². The summed E-state index contributed by atoms with van der Waals surface area (Å²) in [5, 5.41) is 3.62. The minimum atomic E-state index is -1.90. The number of aromatic nitrogens is 12. The highest BCUT2D eigenvalue weighted by Crippen LogP contribution is 2.45. The Balaban J connectivity index is 0.972. The van der Waals surface area contributed by atoms with E-state index in [2.05, 4.69) is 236 Å². The Labute approximate surface area is 518 Å². The van der Waals surface area contributed by atoms with Gasteiger partial charge >= 0.3 is 0 Å². The molecule has 7 heterocycles. The van der Waals surface area contributed by atoms with E-state index in [0.29, 0.717) is 79.1 Å². The van der Waals surface area contributed by atoms with Crippen LogP contribution in [0.25, 0.3) is 135 Å². The smallest absolute Gasteiger partial charge is 0.164 e. The molecule has 442 valence electrons. The second-order valence-corrected chi connectivity index (χ2v) is 37.3. The summed E-state index contributed by atoms with van der Waals surface area (Å²) in [5.74, 6) is 11.2. The molecule has 5 aromatic heterocycles. The molecule has 0 spiro atoms. The third-order valence-electron chi connectivity index (χ3n) is 19.1. The highest BCUT2D eigenvalue weighted by molar-refractivity contribution is 6.91. The molecule has 2 aliphatic rings. The summed E-state index contributed by atoms with van der Waals surface area (Å²) < 4.78 is 4.67. The van der Waals surface area contributed by atoms with Gasteiger partial charge in [0.25, 0.3) is 0 Å². The minimum absolute atomic E-state index is 0.523. The van der Waals surface area contributed by atoms with Crippen molar-refractivity contribution in [3.8, 4) is 91.3 Å². The van der Waals surface area contributed by atoms with Gasteiger partial charge in [-0.15, -0.1) is 11.1 Å². The van der Waals surface area contributed by atoms with Gasteiger partial charge in [0.2, 0.25) is 0 Å². The summed E-state index contributed by atoms with van der Waals surface area (Å²) in [6, 6.07) is 42.5. The fourth-order valence-electron chi connectivity index (χ4n) is 14.9. The molecule has 0 saturated heterocycles. The highest BCUT2D eigenvalue weighted by Gasteiger charge is 2.43. The van der Waals surface area contributed by atoms with Crippen molar-refractivity contribution in [2.24, 2.45) is 0 Å². The number of nitrogens with zero attached hydrogens (tertiary/aromatic N) is 10. The molecule has 0 unspecified atom stereocenters. The molecule has 0 amide bonds. The number of hydrogen-bond donors (Lipinski definition) is 2. The van der Waals surface area contributed by atoms with Crippen molar-refractivity contribution in [1.82, 2.24) is 59.0 Å². The Hall–Kier alpha value is -8.83. The van der Waals surface area contributed by atoms with Crippen LogP contribution in [0.3, 0.4) is 0 Å². The van der Waals surface area contributed by atoms with Gasteiger partial charge in [-0.05, 0) is 94.6 Å². The van der Waals surface area contributed by atoms with Gasteiger partial charge in [-0.2, -0.15) is 0 Å². The van der Waals surface area contributed by atoms with Crippen LogP contribution in [0.15, 0.2) is 121 Å². The molecule has 0 fully saturated rings. The van der Waals surface area contributed by atoms with Gasteiger partial charge in [-0.3, -0.25) is 0 Å². The molecule has 14 heteroatoms. The maximum absolute atomic E-state index is 5.43. The third kappa shape index (κ3) is 9.67. The Morgan fingerprint density at radius 2 is 0.670 bits per heavy atom. The van der Waals surface area contributed by atoms with Crippen molar-refractivity contribution in [3.05, 3.63) is 132 Å². The molecule has 2 N–H and O–H groups in total. The lowest BCUT2D eigenvalue weighted by molar-refractivity contribution is 0.704. The summed E-state index contributed by atoms with van der Waals surface area (Å²) in [5.41, 5.74) is 25.0. The van der Waals surface area contributed by atoms with E-state index in [0.717, 1.165) is 126 Å². The van der Waals surface area contributed by atoms with E-state index < -0.39 is 16.1 Å². The second kappa shape index (κ2) is 22.7. The minimum Gasteiger partial charge on any atom is -0.324 e. The van der Waals surface area contributed by atoms with E-state index >= 15 is 0 Å². The van der Waals surface area contributed by atoms with Crippen LogP contribution in [0.5, 0.6) is 0 Å². The number of hydrogen-bond acceptors (Lipinski definition) is 8. The van der Waals surface area contributed by atoms with Gasteiger partial charge in [-0.25, -0.2) is 39.9 Å². The lowest BCUT2D eigenvalue weighted by Crippen LogP contribution is -2.43. The van der Waals surface area contributed by atoms with E-state index in [1.54, 1.807) is 0 Å². The van der Waals surface area contributed by atoms with Gasteiger partial charge < -0.3 is 19.1 Å². The van der Waals surface area contributed by atoms with Crippen molar-refractivity contribution >= 4 is 82.3 Å². The second-order valence-electron chi connectivity index (χ2n) is 26.1. The molecule has 2 aliphatic heterocycles. The van der Waals surface area contributed by atoms with E-state index in [1.165, 1.54) is 0 Å². The SMILES string of the molecule is CCCn1c(-c2ccc(C#C[Si](C(C)C)(C(C)C)C(C)C)cc2)nc2cc3c(cc21)-c1nc-3nc2[nH]c(nc3nc(nc4[nH]c(n1)c1ccccc41)-c1cc4c(cc1-3)nc(-c1ccc(C#C[Si](C(C)C)(C(C)C)C(C)C)cc1)n4CCC)c1ccccc21. The van der Waals surface area contributed by atoms with Crippen LogP contribution < -0.4 is 0 Å². The number of aryl methyl sites for hydroxylation is 2. The van der Waals surface area contributed by atoms with Crippen LogP contribution in [0, 0.1) is 22.9 Å². The Bertz CT molecular complexity index is 4530. The molecule has 12 nitrogen and oxygen atoms in total. The molecular formula is C74H78N12Si2. The summed E-state index contributed by atoms with van der Waals surface area (Å²) in [7, 11) is -3.81. The maximum atomic E-state index is 5.43. The lowest BCUT2D eigenvalue weighted by Gasteiger charge is -2.38.